The highest BCUT2D eigenvalue weighted by atomic mass is 16.3. The number of carbonyl (C=O) groups excluding carboxylic acids is 2. The van der Waals surface area contributed by atoms with Crippen molar-refractivity contribution in [2.75, 3.05) is 19.7 Å². The normalized spacial score (nSPS) is 24.3. The summed E-state index contributed by atoms with van der Waals surface area (Å²) in [5.74, 6) is 0.139. The van der Waals surface area contributed by atoms with Crippen molar-refractivity contribution in [2.24, 2.45) is 5.92 Å². The van der Waals surface area contributed by atoms with Crippen molar-refractivity contribution < 1.29 is 14.7 Å². The number of carbonyl (C=O) groups is 2. The number of nitrogens with zero attached hydrogens (tertiary/aromatic N) is 1. The molecule has 1 aliphatic heterocycles. The SMILES string of the molecule is O=C1CCC(C(=O)N(CCCO)C2CCC2)CN1. The molecule has 0 spiro atoms. The quantitative estimate of drug-likeness (QED) is 0.740. The minimum Gasteiger partial charge on any atom is -0.396 e. The van der Waals surface area contributed by atoms with Crippen LogP contribution in [0.2, 0.25) is 0 Å². The number of aliphatic hydroxyl groups is 1. The minimum atomic E-state index is -0.0676. The van der Waals surface area contributed by atoms with Crippen LogP contribution in [0.25, 0.3) is 0 Å². The Labute approximate surface area is 108 Å². The lowest BCUT2D eigenvalue weighted by Crippen LogP contribution is -2.51. The molecule has 1 heterocycles. The van der Waals surface area contributed by atoms with E-state index in [0.717, 1.165) is 12.8 Å². The smallest absolute Gasteiger partial charge is 0.227 e. The number of amides is 2. The third kappa shape index (κ3) is 3.02. The fourth-order valence-electron chi connectivity index (χ4n) is 2.59. The molecular formula is C13H22N2O3. The van der Waals surface area contributed by atoms with Gasteiger partial charge in [0.05, 0.1) is 5.92 Å². The van der Waals surface area contributed by atoms with Crippen LogP contribution in [0.5, 0.6) is 0 Å². The zero-order valence-electron chi connectivity index (χ0n) is 10.7. The number of hydrogen-bond acceptors (Lipinski definition) is 3. The highest BCUT2D eigenvalue weighted by Gasteiger charge is 2.33. The van der Waals surface area contributed by atoms with Crippen LogP contribution in [0, 0.1) is 5.92 Å². The first-order valence-electron chi connectivity index (χ1n) is 6.90. The molecule has 0 aromatic carbocycles. The standard InChI is InChI=1S/C13H22N2O3/c16-8-2-7-15(11-3-1-4-11)13(18)10-5-6-12(17)14-9-10/h10-11,16H,1-9H2,(H,14,17). The van der Waals surface area contributed by atoms with Gasteiger partial charge < -0.3 is 15.3 Å². The van der Waals surface area contributed by atoms with Crippen LogP contribution in [0.15, 0.2) is 0 Å². The molecule has 5 heteroatoms. The van der Waals surface area contributed by atoms with Crippen LogP contribution in [0.1, 0.15) is 38.5 Å². The van der Waals surface area contributed by atoms with Gasteiger partial charge in [-0.25, -0.2) is 0 Å². The Morgan fingerprint density at radius 2 is 2.17 bits per heavy atom. The summed E-state index contributed by atoms with van der Waals surface area (Å²) in [6.45, 7) is 1.24. The molecule has 1 saturated heterocycles. The Kier molecular flexibility index (Phi) is 4.58. The van der Waals surface area contributed by atoms with Gasteiger partial charge in [-0.2, -0.15) is 0 Å². The maximum Gasteiger partial charge on any atom is 0.227 e. The molecule has 102 valence electrons. The average Bonchev–Trinajstić information content (AvgIpc) is 2.32. The predicted molar refractivity (Wildman–Crippen MR) is 66.8 cm³/mol. The molecule has 1 saturated carbocycles. The van der Waals surface area contributed by atoms with Gasteiger partial charge in [0, 0.05) is 32.2 Å². The van der Waals surface area contributed by atoms with Gasteiger partial charge in [0.15, 0.2) is 0 Å². The highest BCUT2D eigenvalue weighted by molar-refractivity contribution is 5.84. The predicted octanol–water partition coefficient (Wildman–Crippen LogP) is 0.276. The van der Waals surface area contributed by atoms with Crippen LogP contribution in [0.3, 0.4) is 0 Å². The second-order valence-electron chi connectivity index (χ2n) is 5.23. The van der Waals surface area contributed by atoms with Crippen LogP contribution in [-0.4, -0.2) is 47.6 Å². The van der Waals surface area contributed by atoms with Crippen molar-refractivity contribution in [3.63, 3.8) is 0 Å². The van der Waals surface area contributed by atoms with Gasteiger partial charge in [0.25, 0.3) is 0 Å². The first kappa shape index (κ1) is 13.3. The van der Waals surface area contributed by atoms with E-state index < -0.39 is 0 Å². The number of rotatable bonds is 5. The van der Waals surface area contributed by atoms with Crippen molar-refractivity contribution in [2.45, 2.75) is 44.6 Å². The van der Waals surface area contributed by atoms with Gasteiger partial charge >= 0.3 is 0 Å². The van der Waals surface area contributed by atoms with E-state index in [1.54, 1.807) is 0 Å². The van der Waals surface area contributed by atoms with Crippen molar-refractivity contribution in [1.82, 2.24) is 10.2 Å². The van der Waals surface area contributed by atoms with E-state index in [1.807, 2.05) is 4.90 Å². The minimum absolute atomic E-state index is 0.0459. The summed E-state index contributed by atoms with van der Waals surface area (Å²) < 4.78 is 0. The summed E-state index contributed by atoms with van der Waals surface area (Å²) in [5.41, 5.74) is 0. The van der Waals surface area contributed by atoms with E-state index in [2.05, 4.69) is 5.32 Å². The molecule has 2 N–H and O–H groups in total. The summed E-state index contributed by atoms with van der Waals surface area (Å²) in [6, 6.07) is 0.363. The molecule has 0 radical (unpaired) electrons. The molecular weight excluding hydrogens is 232 g/mol. The van der Waals surface area contributed by atoms with Gasteiger partial charge in [-0.15, -0.1) is 0 Å². The number of aliphatic hydroxyl groups excluding tert-OH is 1. The zero-order valence-corrected chi connectivity index (χ0v) is 10.7. The van der Waals surface area contributed by atoms with Crippen LogP contribution >= 0.6 is 0 Å². The molecule has 2 fully saturated rings. The zero-order chi connectivity index (χ0) is 13.0. The second-order valence-corrected chi connectivity index (χ2v) is 5.23. The molecule has 2 rings (SSSR count). The molecule has 1 atom stereocenters. The van der Waals surface area contributed by atoms with E-state index in [-0.39, 0.29) is 24.3 Å². The molecule has 2 amide bonds. The van der Waals surface area contributed by atoms with Crippen LogP contribution in [0.4, 0.5) is 0 Å². The lowest BCUT2D eigenvalue weighted by Gasteiger charge is -2.40. The van der Waals surface area contributed by atoms with E-state index in [0.29, 0.717) is 38.4 Å². The molecule has 1 aliphatic carbocycles. The van der Waals surface area contributed by atoms with Crippen molar-refractivity contribution >= 4 is 11.8 Å². The molecule has 0 aromatic heterocycles. The Hall–Kier alpha value is -1.10. The topological polar surface area (TPSA) is 69.6 Å². The van der Waals surface area contributed by atoms with Gasteiger partial charge in [-0.3, -0.25) is 9.59 Å². The lowest BCUT2D eigenvalue weighted by molar-refractivity contribution is -0.141. The lowest BCUT2D eigenvalue weighted by atomic mass is 9.89. The second kappa shape index (κ2) is 6.18. The van der Waals surface area contributed by atoms with Crippen LogP contribution in [-0.2, 0) is 9.59 Å². The van der Waals surface area contributed by atoms with E-state index in [1.165, 1.54) is 6.42 Å². The van der Waals surface area contributed by atoms with Crippen molar-refractivity contribution in [3.05, 3.63) is 0 Å². The average molecular weight is 254 g/mol. The Morgan fingerprint density at radius 1 is 1.39 bits per heavy atom. The maximum absolute atomic E-state index is 12.4. The Balaban J connectivity index is 1.91. The summed E-state index contributed by atoms with van der Waals surface area (Å²) in [6.07, 6.45) is 5.10. The fourth-order valence-corrected chi connectivity index (χ4v) is 2.59. The molecule has 18 heavy (non-hydrogen) atoms. The first-order chi connectivity index (χ1) is 8.72. The van der Waals surface area contributed by atoms with E-state index >= 15 is 0 Å². The molecule has 0 bridgehead atoms. The largest absolute Gasteiger partial charge is 0.396 e. The Morgan fingerprint density at radius 3 is 2.67 bits per heavy atom. The van der Waals surface area contributed by atoms with Gasteiger partial charge in [-0.1, -0.05) is 0 Å². The molecule has 1 unspecified atom stereocenters. The van der Waals surface area contributed by atoms with Crippen LogP contribution < -0.4 is 5.32 Å². The summed E-state index contributed by atoms with van der Waals surface area (Å²) in [5, 5.41) is 11.7. The van der Waals surface area contributed by atoms with Crippen molar-refractivity contribution in [3.8, 4) is 0 Å². The first-order valence-corrected chi connectivity index (χ1v) is 6.90. The Bertz CT molecular complexity index is 305. The monoisotopic (exact) mass is 254 g/mol. The summed E-state index contributed by atoms with van der Waals surface area (Å²) >= 11 is 0. The van der Waals surface area contributed by atoms with Gasteiger partial charge in [-0.05, 0) is 32.1 Å². The molecule has 0 aromatic rings. The fraction of sp³-hybridized carbons (Fsp3) is 0.846. The molecule has 2 aliphatic rings. The maximum atomic E-state index is 12.4. The third-order valence-corrected chi connectivity index (χ3v) is 3.97. The van der Waals surface area contributed by atoms with Gasteiger partial charge in [0.1, 0.15) is 0 Å². The number of hydrogen-bond donors (Lipinski definition) is 2. The van der Waals surface area contributed by atoms with Crippen molar-refractivity contribution in [1.29, 1.82) is 0 Å². The molecule has 5 nitrogen and oxygen atoms in total. The van der Waals surface area contributed by atoms with E-state index in [4.69, 9.17) is 5.11 Å². The van der Waals surface area contributed by atoms with E-state index in [9.17, 15) is 9.59 Å². The summed E-state index contributed by atoms with van der Waals surface area (Å²) in [4.78, 5) is 25.5. The number of nitrogens with one attached hydrogen (secondary N) is 1. The number of piperidine rings is 1. The van der Waals surface area contributed by atoms with Gasteiger partial charge in [0.2, 0.25) is 11.8 Å². The summed E-state index contributed by atoms with van der Waals surface area (Å²) in [7, 11) is 0. The third-order valence-electron chi connectivity index (χ3n) is 3.97. The highest BCUT2D eigenvalue weighted by Crippen LogP contribution is 2.27.